The molecule has 2 aromatic carbocycles. The lowest BCUT2D eigenvalue weighted by Crippen LogP contribution is -2.34. The smallest absolute Gasteiger partial charge is 0.475 e. The van der Waals surface area contributed by atoms with Gasteiger partial charge in [0.05, 0.1) is 6.33 Å². The number of alkyl halides is 3. The molecule has 0 bridgehead atoms. The molecule has 0 saturated carbocycles. The lowest BCUT2D eigenvalue weighted by molar-refractivity contribution is -0.192. The van der Waals surface area contributed by atoms with Crippen molar-refractivity contribution in [1.29, 1.82) is 0 Å². The van der Waals surface area contributed by atoms with Gasteiger partial charge in [-0.15, -0.1) is 0 Å². The number of amides is 2. The number of carboxylic acids is 1. The fourth-order valence-corrected chi connectivity index (χ4v) is 3.68. The number of rotatable bonds is 4. The van der Waals surface area contributed by atoms with E-state index in [0.29, 0.717) is 31.0 Å². The van der Waals surface area contributed by atoms with Crippen molar-refractivity contribution in [3.05, 3.63) is 82.8 Å². The second kappa shape index (κ2) is 11.1. The topological polar surface area (TPSA) is 105 Å². The van der Waals surface area contributed by atoms with Crippen molar-refractivity contribution >= 4 is 23.6 Å². The van der Waals surface area contributed by atoms with Gasteiger partial charge in [-0.3, -0.25) is 9.59 Å². The molecular weight excluding hydrogens is 477 g/mol. The first-order valence-corrected chi connectivity index (χ1v) is 11.0. The fraction of sp³-hybridized carbons (Fsp3) is 0.280. The molecule has 0 spiro atoms. The summed E-state index contributed by atoms with van der Waals surface area (Å²) in [4.78, 5) is 39.3. The van der Waals surface area contributed by atoms with E-state index >= 15 is 0 Å². The highest BCUT2D eigenvalue weighted by Crippen LogP contribution is 2.21. The van der Waals surface area contributed by atoms with Gasteiger partial charge in [0.2, 0.25) is 5.91 Å². The van der Waals surface area contributed by atoms with Crippen LogP contribution in [0.3, 0.4) is 0 Å². The molecule has 190 valence electrons. The first-order valence-electron chi connectivity index (χ1n) is 11.0. The first-order chi connectivity index (χ1) is 16.9. The maximum atomic E-state index is 12.7. The molecule has 1 aromatic heterocycles. The number of nitrogens with zero attached hydrogens (tertiary/aromatic N) is 3. The maximum absolute atomic E-state index is 12.7. The Labute approximate surface area is 205 Å². The van der Waals surface area contributed by atoms with Gasteiger partial charge in [-0.2, -0.15) is 13.2 Å². The number of hydrogen-bond acceptors (Lipinski definition) is 4. The molecule has 0 saturated heterocycles. The number of carbonyl (C=O) groups is 3. The van der Waals surface area contributed by atoms with Gasteiger partial charge >= 0.3 is 12.1 Å². The first kappa shape index (κ1) is 26.5. The quantitative estimate of drug-likeness (QED) is 0.561. The van der Waals surface area contributed by atoms with Crippen molar-refractivity contribution in [2.45, 2.75) is 39.5 Å². The SMILES string of the molecule is CC(=O)N1CCc2cc(C(=O)Nc3cn(Cc4cccc(C)c4)cn3)ccc2C1.O=C(O)C(F)(F)F. The molecule has 2 N–H and O–H groups in total. The number of benzene rings is 2. The Bertz CT molecular complexity index is 1270. The lowest BCUT2D eigenvalue weighted by atomic mass is 9.97. The number of aliphatic carboxylic acids is 1. The second-order valence-corrected chi connectivity index (χ2v) is 8.35. The van der Waals surface area contributed by atoms with Gasteiger partial charge in [-0.1, -0.05) is 35.9 Å². The molecule has 1 aliphatic heterocycles. The molecule has 0 fully saturated rings. The number of halogens is 3. The molecule has 0 unspecified atom stereocenters. The van der Waals surface area contributed by atoms with E-state index in [-0.39, 0.29) is 11.8 Å². The molecular formula is C25H25F3N4O4. The zero-order valence-corrected chi connectivity index (χ0v) is 19.7. The maximum Gasteiger partial charge on any atom is 0.490 e. The highest BCUT2D eigenvalue weighted by Gasteiger charge is 2.38. The zero-order chi connectivity index (χ0) is 26.5. The monoisotopic (exact) mass is 502 g/mol. The summed E-state index contributed by atoms with van der Waals surface area (Å²) in [7, 11) is 0. The van der Waals surface area contributed by atoms with Gasteiger partial charge in [-0.05, 0) is 42.2 Å². The fourth-order valence-electron chi connectivity index (χ4n) is 3.68. The predicted molar refractivity (Wildman–Crippen MR) is 125 cm³/mol. The predicted octanol–water partition coefficient (Wildman–Crippen LogP) is 4.03. The minimum atomic E-state index is -5.08. The van der Waals surface area contributed by atoms with Crippen LogP contribution < -0.4 is 5.32 Å². The van der Waals surface area contributed by atoms with Crippen molar-refractivity contribution in [3.63, 3.8) is 0 Å². The summed E-state index contributed by atoms with van der Waals surface area (Å²) in [5, 5.41) is 10.00. The van der Waals surface area contributed by atoms with Crippen molar-refractivity contribution < 1.29 is 32.7 Å². The molecule has 1 aliphatic rings. The summed E-state index contributed by atoms with van der Waals surface area (Å²) in [5.74, 6) is -2.32. The van der Waals surface area contributed by atoms with Crippen LogP contribution in [-0.4, -0.2) is 50.1 Å². The van der Waals surface area contributed by atoms with Gasteiger partial charge < -0.3 is 19.9 Å². The molecule has 3 aromatic rings. The van der Waals surface area contributed by atoms with E-state index in [1.165, 1.54) is 11.1 Å². The number of nitrogens with one attached hydrogen (secondary N) is 1. The van der Waals surface area contributed by atoms with Crippen LogP contribution in [0, 0.1) is 6.92 Å². The third kappa shape index (κ3) is 7.17. The van der Waals surface area contributed by atoms with Crippen LogP contribution in [0.5, 0.6) is 0 Å². The lowest BCUT2D eigenvalue weighted by Gasteiger charge is -2.28. The average Bonchev–Trinajstić information content (AvgIpc) is 3.24. The van der Waals surface area contributed by atoms with E-state index in [2.05, 4.69) is 35.4 Å². The second-order valence-electron chi connectivity index (χ2n) is 8.35. The molecule has 36 heavy (non-hydrogen) atoms. The van der Waals surface area contributed by atoms with Crippen molar-refractivity contribution in [3.8, 4) is 0 Å². The molecule has 0 radical (unpaired) electrons. The van der Waals surface area contributed by atoms with Crippen LogP contribution in [0.25, 0.3) is 0 Å². The summed E-state index contributed by atoms with van der Waals surface area (Å²) in [6, 6.07) is 14.0. The number of carbonyl (C=O) groups excluding carboxylic acids is 2. The molecule has 0 aliphatic carbocycles. The number of carboxylic acid groups (broad SMARTS) is 1. The van der Waals surface area contributed by atoms with Crippen LogP contribution in [0.1, 0.15) is 39.5 Å². The van der Waals surface area contributed by atoms with Crippen LogP contribution in [0.2, 0.25) is 0 Å². The summed E-state index contributed by atoms with van der Waals surface area (Å²) in [6.45, 7) is 5.66. The minimum absolute atomic E-state index is 0.0821. The number of aromatic nitrogens is 2. The minimum Gasteiger partial charge on any atom is -0.475 e. The van der Waals surface area contributed by atoms with E-state index in [4.69, 9.17) is 9.90 Å². The summed E-state index contributed by atoms with van der Waals surface area (Å²) in [5.41, 5.74) is 5.24. The molecule has 2 heterocycles. The van der Waals surface area contributed by atoms with Gasteiger partial charge in [0.25, 0.3) is 5.91 Å². The van der Waals surface area contributed by atoms with E-state index < -0.39 is 12.1 Å². The van der Waals surface area contributed by atoms with Crippen molar-refractivity contribution in [1.82, 2.24) is 14.5 Å². The Morgan fingerprint density at radius 3 is 2.47 bits per heavy atom. The average molecular weight is 502 g/mol. The number of imidazole rings is 1. The normalized spacial score (nSPS) is 12.8. The highest BCUT2D eigenvalue weighted by molar-refractivity contribution is 6.03. The molecule has 2 amide bonds. The van der Waals surface area contributed by atoms with Gasteiger partial charge in [0.15, 0.2) is 5.82 Å². The Balaban J connectivity index is 0.000000454. The third-order valence-electron chi connectivity index (χ3n) is 5.49. The Kier molecular flexibility index (Phi) is 8.13. The Hall–Kier alpha value is -4.15. The van der Waals surface area contributed by atoms with Crippen LogP contribution in [0.15, 0.2) is 55.0 Å². The summed E-state index contributed by atoms with van der Waals surface area (Å²) in [6.07, 6.45) is -0.758. The molecule has 0 atom stereocenters. The molecule has 11 heteroatoms. The van der Waals surface area contributed by atoms with Gasteiger partial charge in [0.1, 0.15) is 0 Å². The summed E-state index contributed by atoms with van der Waals surface area (Å²) >= 11 is 0. The standard InChI is InChI=1S/C23H24N4O2.C2HF3O2/c1-16-4-3-5-18(10-16)12-26-14-22(24-15-26)25-23(29)20-6-7-21-13-27(17(2)28)9-8-19(21)11-20;3-2(4,5)1(6)7/h3-7,10-11,14-15H,8-9,12-13H2,1-2H3,(H,25,29);(H,6,7). The van der Waals surface area contributed by atoms with Crippen molar-refractivity contribution in [2.24, 2.45) is 0 Å². The number of anilines is 1. The van der Waals surface area contributed by atoms with E-state index in [0.717, 1.165) is 17.5 Å². The summed E-state index contributed by atoms with van der Waals surface area (Å²) < 4.78 is 33.7. The largest absolute Gasteiger partial charge is 0.490 e. The Morgan fingerprint density at radius 1 is 1.11 bits per heavy atom. The van der Waals surface area contributed by atoms with Crippen molar-refractivity contribution in [2.75, 3.05) is 11.9 Å². The highest BCUT2D eigenvalue weighted by atomic mass is 19.4. The number of aryl methyl sites for hydroxylation is 1. The van der Waals surface area contributed by atoms with E-state index in [1.807, 2.05) is 39.9 Å². The number of fused-ring (bicyclic) bond motifs is 1. The molecule has 4 rings (SSSR count). The van der Waals surface area contributed by atoms with E-state index in [9.17, 15) is 22.8 Å². The molecule has 8 nitrogen and oxygen atoms in total. The third-order valence-corrected chi connectivity index (χ3v) is 5.49. The zero-order valence-electron chi connectivity index (χ0n) is 19.7. The van der Waals surface area contributed by atoms with E-state index in [1.54, 1.807) is 13.3 Å². The number of hydrogen-bond donors (Lipinski definition) is 2. The van der Waals surface area contributed by atoms with Crippen LogP contribution >= 0.6 is 0 Å². The van der Waals surface area contributed by atoms with Gasteiger partial charge in [-0.25, -0.2) is 9.78 Å². The Morgan fingerprint density at radius 2 is 1.83 bits per heavy atom. The van der Waals surface area contributed by atoms with Gasteiger partial charge in [0, 0.05) is 38.3 Å². The van der Waals surface area contributed by atoms with Crippen LogP contribution in [-0.2, 0) is 29.1 Å². The van der Waals surface area contributed by atoms with Crippen LogP contribution in [0.4, 0.5) is 19.0 Å².